The molecule has 0 unspecified atom stereocenters. The maximum absolute atomic E-state index is 11.9. The van der Waals surface area contributed by atoms with Crippen molar-refractivity contribution in [3.05, 3.63) is 43.0 Å². The van der Waals surface area contributed by atoms with Gasteiger partial charge in [-0.05, 0) is 13.8 Å². The van der Waals surface area contributed by atoms with Crippen molar-refractivity contribution < 1.29 is 0 Å². The lowest BCUT2D eigenvalue weighted by Gasteiger charge is -2.08. The largest absolute Gasteiger partial charge is 0.290 e. The molecule has 2 heterocycles. The predicted molar refractivity (Wildman–Crippen MR) is 73.6 cm³/mol. The Balaban J connectivity index is 2.42. The van der Waals surface area contributed by atoms with E-state index in [1.165, 1.54) is 10.9 Å². The van der Waals surface area contributed by atoms with Crippen molar-refractivity contribution >= 4 is 22.9 Å². The zero-order valence-corrected chi connectivity index (χ0v) is 12.1. The van der Waals surface area contributed by atoms with Gasteiger partial charge in [0.05, 0.1) is 12.2 Å². The summed E-state index contributed by atoms with van der Waals surface area (Å²) in [4.78, 5) is 21.7. The SMILES string of the molecule is CCc1nc(Cl)cc(=O)n1Cc1nc(C)c(C)s1. The van der Waals surface area contributed by atoms with E-state index >= 15 is 0 Å². The fraction of sp³-hybridized carbons (Fsp3) is 0.417. The van der Waals surface area contributed by atoms with Crippen LogP contribution in [0.5, 0.6) is 0 Å². The molecule has 0 radical (unpaired) electrons. The Morgan fingerprint density at radius 1 is 1.39 bits per heavy atom. The minimum Gasteiger partial charge on any atom is -0.290 e. The normalized spacial score (nSPS) is 10.9. The first-order chi connectivity index (χ1) is 8.51. The molecule has 0 bridgehead atoms. The molecule has 0 aliphatic carbocycles. The smallest absolute Gasteiger partial charge is 0.255 e. The van der Waals surface area contributed by atoms with Gasteiger partial charge >= 0.3 is 0 Å². The molecule has 4 nitrogen and oxygen atoms in total. The minimum absolute atomic E-state index is 0.127. The summed E-state index contributed by atoms with van der Waals surface area (Å²) >= 11 is 7.41. The molecule has 96 valence electrons. The molecule has 2 aromatic rings. The van der Waals surface area contributed by atoms with E-state index in [2.05, 4.69) is 9.97 Å². The molecule has 0 atom stereocenters. The van der Waals surface area contributed by atoms with Crippen molar-refractivity contribution in [2.24, 2.45) is 0 Å². The molecule has 0 amide bonds. The number of hydrogen-bond donors (Lipinski definition) is 0. The Bertz CT molecular complexity index is 613. The third-order valence-electron chi connectivity index (χ3n) is 2.74. The highest BCUT2D eigenvalue weighted by atomic mass is 35.5. The maximum Gasteiger partial charge on any atom is 0.255 e. The van der Waals surface area contributed by atoms with E-state index in [-0.39, 0.29) is 10.7 Å². The van der Waals surface area contributed by atoms with E-state index in [0.29, 0.717) is 18.8 Å². The van der Waals surface area contributed by atoms with Crippen molar-refractivity contribution in [2.75, 3.05) is 0 Å². The lowest BCUT2D eigenvalue weighted by Crippen LogP contribution is -2.24. The number of thiazole rings is 1. The highest BCUT2D eigenvalue weighted by Crippen LogP contribution is 2.17. The van der Waals surface area contributed by atoms with Crippen LogP contribution in [-0.2, 0) is 13.0 Å². The summed E-state index contributed by atoms with van der Waals surface area (Å²) in [5.74, 6) is 0.693. The average Bonchev–Trinajstić information content (AvgIpc) is 2.61. The number of hydrogen-bond acceptors (Lipinski definition) is 4. The minimum atomic E-state index is -0.127. The van der Waals surface area contributed by atoms with Gasteiger partial charge in [0, 0.05) is 17.4 Å². The van der Waals surface area contributed by atoms with Gasteiger partial charge in [0.2, 0.25) is 0 Å². The van der Waals surface area contributed by atoms with Crippen LogP contribution in [0.2, 0.25) is 5.15 Å². The lowest BCUT2D eigenvalue weighted by molar-refractivity contribution is 0.671. The first-order valence-corrected chi connectivity index (χ1v) is 6.90. The molecule has 2 aromatic heterocycles. The number of aromatic nitrogens is 3. The molecule has 2 rings (SSSR count). The van der Waals surface area contributed by atoms with Crippen LogP contribution < -0.4 is 5.56 Å². The Labute approximate surface area is 114 Å². The van der Waals surface area contributed by atoms with Gasteiger partial charge in [-0.15, -0.1) is 11.3 Å². The zero-order chi connectivity index (χ0) is 13.3. The topological polar surface area (TPSA) is 47.8 Å². The first-order valence-electron chi connectivity index (χ1n) is 5.70. The van der Waals surface area contributed by atoms with Crippen LogP contribution >= 0.6 is 22.9 Å². The molecule has 0 saturated carbocycles. The van der Waals surface area contributed by atoms with Crippen molar-refractivity contribution in [1.29, 1.82) is 0 Å². The Morgan fingerprint density at radius 3 is 2.67 bits per heavy atom. The molecule has 6 heteroatoms. The van der Waals surface area contributed by atoms with Gasteiger partial charge in [-0.3, -0.25) is 9.36 Å². The van der Waals surface area contributed by atoms with Crippen LogP contribution in [0.25, 0.3) is 0 Å². The van der Waals surface area contributed by atoms with E-state index in [0.717, 1.165) is 10.7 Å². The van der Waals surface area contributed by atoms with E-state index in [1.807, 2.05) is 20.8 Å². The Morgan fingerprint density at radius 2 is 2.11 bits per heavy atom. The third-order valence-corrected chi connectivity index (χ3v) is 3.99. The van der Waals surface area contributed by atoms with Gasteiger partial charge in [-0.25, -0.2) is 9.97 Å². The lowest BCUT2D eigenvalue weighted by atomic mass is 10.4. The zero-order valence-electron chi connectivity index (χ0n) is 10.5. The summed E-state index contributed by atoms with van der Waals surface area (Å²) in [6, 6.07) is 1.34. The summed E-state index contributed by atoms with van der Waals surface area (Å²) in [6.45, 7) is 6.41. The second kappa shape index (κ2) is 5.20. The number of rotatable bonds is 3. The second-order valence-corrected chi connectivity index (χ2v) is 5.70. The summed E-state index contributed by atoms with van der Waals surface area (Å²) in [7, 11) is 0. The molecule has 18 heavy (non-hydrogen) atoms. The molecular weight excluding hydrogens is 270 g/mol. The van der Waals surface area contributed by atoms with Crippen LogP contribution in [-0.4, -0.2) is 14.5 Å². The fourth-order valence-electron chi connectivity index (χ4n) is 1.70. The molecule has 0 aliphatic rings. The van der Waals surface area contributed by atoms with Crippen LogP contribution in [0, 0.1) is 13.8 Å². The highest BCUT2D eigenvalue weighted by Gasteiger charge is 2.10. The van der Waals surface area contributed by atoms with E-state index in [4.69, 9.17) is 11.6 Å². The van der Waals surface area contributed by atoms with Crippen LogP contribution in [0.3, 0.4) is 0 Å². The van der Waals surface area contributed by atoms with E-state index in [1.54, 1.807) is 15.9 Å². The summed E-state index contributed by atoms with van der Waals surface area (Å²) in [5, 5.41) is 1.17. The number of halogens is 1. The van der Waals surface area contributed by atoms with Crippen molar-refractivity contribution in [2.45, 2.75) is 33.7 Å². The van der Waals surface area contributed by atoms with Crippen LogP contribution in [0.15, 0.2) is 10.9 Å². The second-order valence-electron chi connectivity index (χ2n) is 4.02. The summed E-state index contributed by atoms with van der Waals surface area (Å²) in [5.41, 5.74) is 0.889. The Kier molecular flexibility index (Phi) is 3.82. The average molecular weight is 284 g/mol. The van der Waals surface area contributed by atoms with Crippen molar-refractivity contribution in [3.63, 3.8) is 0 Å². The van der Waals surface area contributed by atoms with Gasteiger partial charge in [0.25, 0.3) is 5.56 Å². The third kappa shape index (κ3) is 2.62. The van der Waals surface area contributed by atoms with Gasteiger partial charge in [0.1, 0.15) is 16.0 Å². The molecular formula is C12H14ClN3OS. The Hall–Kier alpha value is -1.20. The van der Waals surface area contributed by atoms with Crippen LogP contribution in [0.1, 0.15) is 28.3 Å². The molecule has 0 saturated heterocycles. The van der Waals surface area contributed by atoms with E-state index < -0.39 is 0 Å². The van der Waals surface area contributed by atoms with Crippen molar-refractivity contribution in [3.8, 4) is 0 Å². The number of nitrogens with zero attached hydrogens (tertiary/aromatic N) is 3. The molecule has 0 N–H and O–H groups in total. The highest BCUT2D eigenvalue weighted by molar-refractivity contribution is 7.11. The molecule has 0 aliphatic heterocycles. The first kappa shape index (κ1) is 13.2. The van der Waals surface area contributed by atoms with Gasteiger partial charge < -0.3 is 0 Å². The molecule has 0 fully saturated rings. The maximum atomic E-state index is 11.9. The fourth-order valence-corrected chi connectivity index (χ4v) is 2.82. The number of aryl methyl sites for hydroxylation is 3. The quantitative estimate of drug-likeness (QED) is 0.814. The standard InChI is InChI=1S/C12H14ClN3OS/c1-4-10-15-9(13)5-12(17)16(10)6-11-14-7(2)8(3)18-11/h5H,4,6H2,1-3H3. The van der Waals surface area contributed by atoms with E-state index in [9.17, 15) is 4.79 Å². The molecule has 0 aromatic carbocycles. The van der Waals surface area contributed by atoms with Crippen molar-refractivity contribution in [1.82, 2.24) is 14.5 Å². The monoisotopic (exact) mass is 283 g/mol. The molecule has 0 spiro atoms. The summed E-state index contributed by atoms with van der Waals surface area (Å²) < 4.78 is 1.63. The van der Waals surface area contributed by atoms with Crippen LogP contribution in [0.4, 0.5) is 0 Å². The van der Waals surface area contributed by atoms with Gasteiger partial charge in [-0.1, -0.05) is 18.5 Å². The van der Waals surface area contributed by atoms with Gasteiger partial charge in [-0.2, -0.15) is 0 Å². The predicted octanol–water partition coefficient (Wildman–Crippen LogP) is 2.58. The van der Waals surface area contributed by atoms with Gasteiger partial charge in [0.15, 0.2) is 0 Å². The summed E-state index contributed by atoms with van der Waals surface area (Å²) in [6.07, 6.45) is 0.666.